The highest BCUT2D eigenvalue weighted by molar-refractivity contribution is 6.17. The van der Waals surface area contributed by atoms with Crippen LogP contribution in [0.2, 0.25) is 0 Å². The van der Waals surface area contributed by atoms with Crippen molar-refractivity contribution in [1.29, 1.82) is 0 Å². The Bertz CT molecular complexity index is 2590. The van der Waals surface area contributed by atoms with Crippen molar-refractivity contribution in [2.75, 3.05) is 4.90 Å². The number of hydrogen-bond donors (Lipinski definition) is 0. The normalized spacial score (nSPS) is 14.1. The zero-order valence-electron chi connectivity index (χ0n) is 28.6. The van der Waals surface area contributed by atoms with Gasteiger partial charge in [-0.05, 0) is 53.1 Å². The van der Waals surface area contributed by atoms with Gasteiger partial charge in [0, 0.05) is 56.2 Å². The van der Waals surface area contributed by atoms with Crippen LogP contribution in [0.1, 0.15) is 30.5 Å². The first kappa shape index (κ1) is 29.5. The molecule has 6 aromatic carbocycles. The second-order valence-corrected chi connectivity index (χ2v) is 14.0. The maximum atomic E-state index is 5.20. The first-order valence-corrected chi connectivity index (χ1v) is 17.6. The Kier molecular flexibility index (Phi) is 6.53. The number of hydrogen-bond acceptors (Lipinski definition) is 2. The summed E-state index contributed by atoms with van der Waals surface area (Å²) in [5.41, 5.74) is 17.4. The van der Waals surface area contributed by atoms with Crippen molar-refractivity contribution >= 4 is 33.5 Å². The summed E-state index contributed by atoms with van der Waals surface area (Å²) in [6.45, 7) is 4.78. The molecule has 0 amide bonds. The maximum Gasteiger partial charge on any atom is 0.0730 e. The Morgan fingerprint density at radius 1 is 0.510 bits per heavy atom. The summed E-state index contributed by atoms with van der Waals surface area (Å²) in [4.78, 5) is 7.71. The fraction of sp³-hybridized carbons (Fsp3) is 0.0625. The second kappa shape index (κ2) is 11.3. The van der Waals surface area contributed by atoms with Gasteiger partial charge in [0.05, 0.1) is 28.3 Å². The average Bonchev–Trinajstić information content (AvgIpc) is 3.68. The van der Waals surface area contributed by atoms with Crippen molar-refractivity contribution in [1.82, 2.24) is 9.55 Å². The minimum absolute atomic E-state index is 0.238. The van der Waals surface area contributed by atoms with Gasteiger partial charge in [-0.15, -0.1) is 0 Å². The van der Waals surface area contributed by atoms with Crippen molar-refractivity contribution in [3.05, 3.63) is 193 Å². The molecular formula is C48H35N3. The molecule has 0 radical (unpaired) electrons. The van der Waals surface area contributed by atoms with E-state index in [2.05, 4.69) is 199 Å². The molecule has 0 fully saturated rings. The molecular weight excluding hydrogens is 619 g/mol. The summed E-state index contributed by atoms with van der Waals surface area (Å²) in [6, 6.07) is 61.2. The van der Waals surface area contributed by atoms with Gasteiger partial charge in [0.2, 0.25) is 0 Å². The van der Waals surface area contributed by atoms with Gasteiger partial charge in [-0.25, -0.2) is 4.98 Å². The maximum absolute atomic E-state index is 5.20. The SMILES string of the molecule is CC1(C)C2=C(c3ccccc31)N(c1ccccc1)c1ccccc1-c1c2ccc2ccn(-c3cc(-c4ccccc4)nc(-c4ccccc4)c3)c12. The molecule has 3 nitrogen and oxygen atoms in total. The van der Waals surface area contributed by atoms with Gasteiger partial charge in [-0.3, -0.25) is 0 Å². The van der Waals surface area contributed by atoms with E-state index in [1.807, 2.05) is 0 Å². The van der Waals surface area contributed by atoms with Crippen LogP contribution in [0.3, 0.4) is 0 Å². The third-order valence-corrected chi connectivity index (χ3v) is 10.7. The summed E-state index contributed by atoms with van der Waals surface area (Å²) in [5.74, 6) is 0. The van der Waals surface area contributed by atoms with Crippen molar-refractivity contribution in [3.8, 4) is 39.3 Å². The molecule has 1 aliphatic carbocycles. The molecule has 0 spiro atoms. The predicted octanol–water partition coefficient (Wildman–Crippen LogP) is 12.3. The lowest BCUT2D eigenvalue weighted by Gasteiger charge is -2.29. The molecule has 242 valence electrons. The summed E-state index contributed by atoms with van der Waals surface area (Å²) >= 11 is 0. The van der Waals surface area contributed by atoms with Crippen LogP contribution < -0.4 is 4.90 Å². The molecule has 0 unspecified atom stereocenters. The highest BCUT2D eigenvalue weighted by atomic mass is 15.2. The summed E-state index contributed by atoms with van der Waals surface area (Å²) in [5, 5.41) is 1.20. The van der Waals surface area contributed by atoms with E-state index in [1.54, 1.807) is 0 Å². The quantitative estimate of drug-likeness (QED) is 0.188. The van der Waals surface area contributed by atoms with E-state index in [9.17, 15) is 0 Å². The number of nitrogens with zero attached hydrogens (tertiary/aromatic N) is 3. The van der Waals surface area contributed by atoms with Gasteiger partial charge in [-0.1, -0.05) is 147 Å². The zero-order chi connectivity index (χ0) is 34.1. The first-order valence-electron chi connectivity index (χ1n) is 17.6. The number of anilines is 2. The Hall–Kier alpha value is -6.45. The van der Waals surface area contributed by atoms with Gasteiger partial charge >= 0.3 is 0 Å². The molecule has 0 bridgehead atoms. The van der Waals surface area contributed by atoms with E-state index in [-0.39, 0.29) is 5.41 Å². The van der Waals surface area contributed by atoms with Crippen LogP contribution in [0, 0.1) is 0 Å². The highest BCUT2D eigenvalue weighted by Crippen LogP contribution is 2.59. The summed E-state index contributed by atoms with van der Waals surface area (Å²) in [7, 11) is 0. The van der Waals surface area contributed by atoms with E-state index < -0.39 is 0 Å². The molecule has 0 saturated heterocycles. The van der Waals surface area contributed by atoms with Gasteiger partial charge in [-0.2, -0.15) is 0 Å². The summed E-state index contributed by atoms with van der Waals surface area (Å²) < 4.78 is 2.39. The second-order valence-electron chi connectivity index (χ2n) is 14.0. The van der Waals surface area contributed by atoms with Crippen molar-refractivity contribution in [3.63, 3.8) is 0 Å². The predicted molar refractivity (Wildman–Crippen MR) is 212 cm³/mol. The van der Waals surface area contributed by atoms with E-state index in [4.69, 9.17) is 4.98 Å². The Morgan fingerprint density at radius 3 is 1.78 bits per heavy atom. The molecule has 0 atom stereocenters. The van der Waals surface area contributed by atoms with Crippen molar-refractivity contribution in [2.24, 2.45) is 0 Å². The number of allylic oxidation sites excluding steroid dienone is 1. The molecule has 10 rings (SSSR count). The first-order chi connectivity index (χ1) is 25.1. The fourth-order valence-corrected chi connectivity index (χ4v) is 8.44. The third kappa shape index (κ3) is 4.48. The van der Waals surface area contributed by atoms with E-state index in [0.29, 0.717) is 0 Å². The van der Waals surface area contributed by atoms with Crippen LogP contribution in [-0.4, -0.2) is 9.55 Å². The van der Waals surface area contributed by atoms with Crippen LogP contribution in [0.15, 0.2) is 176 Å². The van der Waals surface area contributed by atoms with Crippen LogP contribution >= 0.6 is 0 Å². The molecule has 8 aromatic rings. The molecule has 3 heterocycles. The third-order valence-electron chi connectivity index (χ3n) is 10.7. The number of benzene rings is 6. The molecule has 2 aromatic heterocycles. The van der Waals surface area contributed by atoms with Crippen molar-refractivity contribution in [2.45, 2.75) is 19.3 Å². The standard InChI is InChI=1S/C48H35N3/c1-48(2)40-24-14-12-22-37(40)47-45(48)39-27-26-34-28-29-50(46(34)44(39)38-23-13-15-25-43(38)51(47)35-20-10-5-11-21-35)36-30-41(32-16-6-3-7-17-32)49-42(31-36)33-18-8-4-9-19-33/h3-31H,1-2H3. The minimum Gasteiger partial charge on any atom is -0.316 e. The zero-order valence-corrected chi connectivity index (χ0v) is 28.6. The fourth-order valence-electron chi connectivity index (χ4n) is 8.44. The van der Waals surface area contributed by atoms with E-state index in [1.165, 1.54) is 55.7 Å². The van der Waals surface area contributed by atoms with Crippen LogP contribution in [0.25, 0.3) is 61.5 Å². The molecule has 51 heavy (non-hydrogen) atoms. The number of para-hydroxylation sites is 2. The minimum atomic E-state index is -0.238. The van der Waals surface area contributed by atoms with Gasteiger partial charge < -0.3 is 9.47 Å². The number of fused-ring (bicyclic) bond motifs is 8. The summed E-state index contributed by atoms with van der Waals surface area (Å²) in [6.07, 6.45) is 2.23. The lowest BCUT2D eigenvalue weighted by molar-refractivity contribution is 0.704. The van der Waals surface area contributed by atoms with Gasteiger partial charge in [0.1, 0.15) is 0 Å². The average molecular weight is 654 g/mol. The van der Waals surface area contributed by atoms with Gasteiger partial charge in [0.25, 0.3) is 0 Å². The van der Waals surface area contributed by atoms with E-state index >= 15 is 0 Å². The Labute approximate surface area is 298 Å². The van der Waals surface area contributed by atoms with Crippen LogP contribution in [0.4, 0.5) is 11.4 Å². The van der Waals surface area contributed by atoms with Gasteiger partial charge in [0.15, 0.2) is 0 Å². The Balaban J connectivity index is 1.31. The molecule has 3 heteroatoms. The highest BCUT2D eigenvalue weighted by Gasteiger charge is 2.44. The molecule has 2 aliphatic rings. The van der Waals surface area contributed by atoms with Crippen molar-refractivity contribution < 1.29 is 0 Å². The smallest absolute Gasteiger partial charge is 0.0730 e. The number of pyridine rings is 1. The van der Waals surface area contributed by atoms with E-state index in [0.717, 1.165) is 33.9 Å². The van der Waals surface area contributed by atoms with Crippen LogP contribution in [0.5, 0.6) is 0 Å². The topological polar surface area (TPSA) is 21.1 Å². The Morgan fingerprint density at radius 2 is 1.10 bits per heavy atom. The molecule has 0 N–H and O–H groups in total. The number of rotatable bonds is 4. The monoisotopic (exact) mass is 653 g/mol. The number of aromatic nitrogens is 2. The molecule has 1 aliphatic heterocycles. The largest absolute Gasteiger partial charge is 0.316 e. The molecule has 0 saturated carbocycles. The van der Waals surface area contributed by atoms with Crippen LogP contribution in [-0.2, 0) is 5.41 Å². The lowest BCUT2D eigenvalue weighted by atomic mass is 9.76. The lowest BCUT2D eigenvalue weighted by Crippen LogP contribution is -2.18.